The van der Waals surface area contributed by atoms with Crippen molar-refractivity contribution in [2.24, 2.45) is 0 Å². The Morgan fingerprint density at radius 1 is 1.33 bits per heavy atom. The van der Waals surface area contributed by atoms with Crippen molar-refractivity contribution in [2.75, 3.05) is 12.8 Å². The van der Waals surface area contributed by atoms with Gasteiger partial charge in [-0.1, -0.05) is 19.3 Å². The largest absolute Gasteiger partial charge is 0.383 e. The zero-order chi connectivity index (χ0) is 13.8. The van der Waals surface area contributed by atoms with Crippen LogP contribution >= 0.6 is 11.8 Å². The van der Waals surface area contributed by atoms with Gasteiger partial charge in [0.05, 0.1) is 0 Å². The van der Waals surface area contributed by atoms with Crippen LogP contribution in [0.2, 0.25) is 0 Å². The maximum Gasteiger partial charge on any atom is 0.383 e. The first-order valence-corrected chi connectivity index (χ1v) is 7.06. The van der Waals surface area contributed by atoms with E-state index in [4.69, 9.17) is 0 Å². The zero-order valence-electron chi connectivity index (χ0n) is 10.1. The van der Waals surface area contributed by atoms with Gasteiger partial charge in [0.1, 0.15) is 0 Å². The van der Waals surface area contributed by atoms with Gasteiger partial charge in [0, 0.05) is 11.3 Å². The summed E-state index contributed by atoms with van der Waals surface area (Å²) >= 11 is 1.51. The normalized spacial score (nSPS) is 19.9. The summed E-state index contributed by atoms with van der Waals surface area (Å²) < 4.78 is 49.2. The van der Waals surface area contributed by atoms with Crippen molar-refractivity contribution in [1.29, 1.82) is 0 Å². The Balaban J connectivity index is 2.55. The first-order valence-electron chi connectivity index (χ1n) is 5.83. The highest BCUT2D eigenvalue weighted by atomic mass is 32.2. The van der Waals surface area contributed by atoms with Gasteiger partial charge in [-0.05, 0) is 19.1 Å². The Labute approximate surface area is 108 Å². The van der Waals surface area contributed by atoms with Crippen molar-refractivity contribution in [2.45, 2.75) is 49.2 Å². The molecule has 1 fully saturated rings. The highest BCUT2D eigenvalue weighted by Gasteiger charge is 2.49. The van der Waals surface area contributed by atoms with E-state index in [2.05, 4.69) is 0 Å². The lowest BCUT2D eigenvalue weighted by Gasteiger charge is -2.36. The summed E-state index contributed by atoms with van der Waals surface area (Å²) in [5.41, 5.74) is 0. The Kier molecular flexibility index (Phi) is 5.31. The fourth-order valence-corrected chi connectivity index (χ4v) is 3.02. The predicted molar refractivity (Wildman–Crippen MR) is 63.3 cm³/mol. The van der Waals surface area contributed by atoms with Crippen LogP contribution in [0.5, 0.6) is 0 Å². The van der Waals surface area contributed by atoms with Crippen LogP contribution in [0.1, 0.15) is 32.1 Å². The first kappa shape index (κ1) is 15.6. The van der Waals surface area contributed by atoms with Crippen LogP contribution in [-0.2, 0) is 4.79 Å². The van der Waals surface area contributed by atoms with E-state index in [1.807, 2.05) is 11.6 Å². The topological polar surface area (TPSA) is 29.1 Å². The number of alkyl halides is 4. The van der Waals surface area contributed by atoms with Crippen LogP contribution in [0, 0.1) is 0 Å². The molecular formula is C11H17F4NOS. The molecule has 0 atom stereocenters. The number of thioether (sulfide) groups is 1. The van der Waals surface area contributed by atoms with E-state index < -0.39 is 18.3 Å². The second-order valence-corrected chi connectivity index (χ2v) is 5.83. The maximum absolute atomic E-state index is 12.8. The molecule has 1 saturated carbocycles. The Hall–Kier alpha value is -0.460. The van der Waals surface area contributed by atoms with Gasteiger partial charge in [0.2, 0.25) is 0 Å². The van der Waals surface area contributed by atoms with Crippen molar-refractivity contribution < 1.29 is 22.4 Å². The van der Waals surface area contributed by atoms with Crippen LogP contribution < -0.4 is 5.32 Å². The molecule has 1 amide bonds. The number of hydrogen-bond acceptors (Lipinski definition) is 2. The summed E-state index contributed by atoms with van der Waals surface area (Å²) in [6.45, 7) is 0.0231. The van der Waals surface area contributed by atoms with E-state index in [0.717, 1.165) is 32.1 Å². The Bertz CT molecular complexity index is 293. The fraction of sp³-hybridized carbons (Fsp3) is 0.909. The average Bonchev–Trinajstić information content (AvgIpc) is 2.36. The minimum Gasteiger partial charge on any atom is -0.349 e. The number of carbonyl (C=O) groups excluding carboxylic acids is 1. The van der Waals surface area contributed by atoms with Crippen LogP contribution in [0.4, 0.5) is 17.6 Å². The molecule has 0 heterocycles. The molecule has 7 heteroatoms. The first-order chi connectivity index (χ1) is 8.34. The number of nitrogens with one attached hydrogen (secondary N) is 1. The van der Waals surface area contributed by atoms with Crippen molar-refractivity contribution in [3.05, 3.63) is 0 Å². The quantitative estimate of drug-likeness (QED) is 0.787. The highest BCUT2D eigenvalue weighted by Crippen LogP contribution is 2.38. The molecule has 18 heavy (non-hydrogen) atoms. The van der Waals surface area contributed by atoms with Crippen molar-refractivity contribution >= 4 is 17.7 Å². The summed E-state index contributed by atoms with van der Waals surface area (Å²) in [7, 11) is 0. The van der Waals surface area contributed by atoms with Crippen LogP contribution in [0.15, 0.2) is 0 Å². The minimum absolute atomic E-state index is 0.0231. The van der Waals surface area contributed by atoms with Crippen molar-refractivity contribution in [3.63, 3.8) is 0 Å². The zero-order valence-corrected chi connectivity index (χ0v) is 11.0. The molecule has 0 aromatic carbocycles. The second kappa shape index (κ2) is 6.12. The average molecular weight is 287 g/mol. The summed E-state index contributed by atoms with van der Waals surface area (Å²) in [6, 6.07) is 0. The lowest BCUT2D eigenvalue weighted by atomic mass is 9.88. The van der Waals surface area contributed by atoms with E-state index in [0.29, 0.717) is 0 Å². The Morgan fingerprint density at radius 2 is 1.89 bits per heavy atom. The van der Waals surface area contributed by atoms with E-state index >= 15 is 0 Å². The standard InChI is InChI=1S/C11H17F4NOS/c1-18-10(5-3-2-4-6-10)7-16-9(17)11(14,15)8(12)13/h8H,2-7H2,1H3,(H,16,17). The third kappa shape index (κ3) is 3.52. The smallest absolute Gasteiger partial charge is 0.349 e. The number of amides is 1. The molecule has 1 rings (SSSR count). The monoisotopic (exact) mass is 287 g/mol. The molecule has 0 bridgehead atoms. The summed E-state index contributed by atoms with van der Waals surface area (Å²) in [6.07, 6.45) is 2.55. The number of halogens is 4. The molecule has 0 spiro atoms. The van der Waals surface area contributed by atoms with Gasteiger partial charge in [-0.2, -0.15) is 20.5 Å². The fourth-order valence-electron chi connectivity index (χ4n) is 2.11. The molecule has 1 N–H and O–H groups in total. The molecular weight excluding hydrogens is 270 g/mol. The lowest BCUT2D eigenvalue weighted by Crippen LogP contribution is -2.50. The summed E-state index contributed by atoms with van der Waals surface area (Å²) in [4.78, 5) is 11.1. The van der Waals surface area contributed by atoms with Gasteiger partial charge in [0.25, 0.3) is 5.91 Å². The van der Waals surface area contributed by atoms with Gasteiger partial charge in [0.15, 0.2) is 0 Å². The SMILES string of the molecule is CSC1(CNC(=O)C(F)(F)C(F)F)CCCCC1. The van der Waals surface area contributed by atoms with E-state index in [1.165, 1.54) is 11.8 Å². The van der Waals surface area contributed by atoms with E-state index in [1.54, 1.807) is 0 Å². The molecule has 0 saturated heterocycles. The summed E-state index contributed by atoms with van der Waals surface area (Å²) in [5, 5.41) is 1.98. The minimum atomic E-state index is -4.60. The van der Waals surface area contributed by atoms with Crippen LogP contribution in [0.3, 0.4) is 0 Å². The van der Waals surface area contributed by atoms with Gasteiger partial charge >= 0.3 is 12.3 Å². The van der Waals surface area contributed by atoms with Gasteiger partial charge in [-0.15, -0.1) is 0 Å². The summed E-state index contributed by atoms with van der Waals surface area (Å²) in [5.74, 6) is -6.48. The van der Waals surface area contributed by atoms with E-state index in [-0.39, 0.29) is 11.3 Å². The number of hydrogen-bond donors (Lipinski definition) is 1. The third-order valence-corrected chi connectivity index (χ3v) is 4.76. The molecule has 0 aliphatic heterocycles. The predicted octanol–water partition coefficient (Wildman–Crippen LogP) is 3.07. The second-order valence-electron chi connectivity index (χ2n) is 4.55. The molecule has 1 aliphatic carbocycles. The molecule has 0 radical (unpaired) electrons. The van der Waals surface area contributed by atoms with Gasteiger partial charge in [-0.25, -0.2) is 8.78 Å². The van der Waals surface area contributed by atoms with Crippen LogP contribution in [-0.4, -0.2) is 35.8 Å². The molecule has 0 aromatic heterocycles. The van der Waals surface area contributed by atoms with E-state index in [9.17, 15) is 22.4 Å². The van der Waals surface area contributed by atoms with Gasteiger partial charge < -0.3 is 5.32 Å². The highest BCUT2D eigenvalue weighted by molar-refractivity contribution is 8.00. The molecule has 0 unspecified atom stereocenters. The number of carbonyl (C=O) groups is 1. The van der Waals surface area contributed by atoms with Gasteiger partial charge in [-0.3, -0.25) is 4.79 Å². The maximum atomic E-state index is 12.8. The molecule has 2 nitrogen and oxygen atoms in total. The molecule has 0 aromatic rings. The van der Waals surface area contributed by atoms with Crippen molar-refractivity contribution in [1.82, 2.24) is 5.32 Å². The molecule has 1 aliphatic rings. The third-order valence-electron chi connectivity index (χ3n) is 3.35. The van der Waals surface area contributed by atoms with Crippen molar-refractivity contribution in [3.8, 4) is 0 Å². The number of rotatable bonds is 5. The van der Waals surface area contributed by atoms with Crippen LogP contribution in [0.25, 0.3) is 0 Å². The Morgan fingerprint density at radius 3 is 2.33 bits per heavy atom. The lowest BCUT2D eigenvalue weighted by molar-refractivity contribution is -0.169. The molecule has 106 valence electrons.